The molecule has 0 bridgehead atoms. The van der Waals surface area contributed by atoms with Gasteiger partial charge in [-0.15, -0.1) is 12.4 Å². The number of likely N-dealkylation sites (tertiary alicyclic amines) is 1. The van der Waals surface area contributed by atoms with Crippen molar-refractivity contribution in [2.75, 3.05) is 25.5 Å². The molecule has 0 atom stereocenters. The van der Waals surface area contributed by atoms with Gasteiger partial charge in [-0.2, -0.15) is 0 Å². The van der Waals surface area contributed by atoms with Gasteiger partial charge in [0.15, 0.2) is 0 Å². The summed E-state index contributed by atoms with van der Waals surface area (Å²) in [5, 5.41) is 2.55. The highest BCUT2D eigenvalue weighted by Crippen LogP contribution is 2.22. The third kappa shape index (κ3) is 6.12. The fraction of sp³-hybridized carbons (Fsp3) is 0.292. The number of nitrogens with zero attached hydrogens (tertiary/aromatic N) is 4. The number of amides is 3. The molecule has 1 aliphatic heterocycles. The summed E-state index contributed by atoms with van der Waals surface area (Å²) in [5.41, 5.74) is 8.52. The molecule has 3 N–H and O–H groups in total. The Bertz CT molecular complexity index is 1080. The van der Waals surface area contributed by atoms with Gasteiger partial charge in [0, 0.05) is 50.2 Å². The molecule has 3 amide bonds. The minimum atomic E-state index is -0.626. The van der Waals surface area contributed by atoms with Crippen LogP contribution in [0.2, 0.25) is 0 Å². The van der Waals surface area contributed by atoms with Gasteiger partial charge in [-0.3, -0.25) is 9.47 Å². The van der Waals surface area contributed by atoms with Crippen molar-refractivity contribution >= 4 is 30.2 Å². The van der Waals surface area contributed by atoms with Crippen molar-refractivity contribution in [3.63, 3.8) is 0 Å². The zero-order chi connectivity index (χ0) is 22.5. The van der Waals surface area contributed by atoms with E-state index in [9.17, 15) is 9.59 Å². The van der Waals surface area contributed by atoms with Crippen molar-refractivity contribution in [2.45, 2.75) is 25.4 Å². The van der Waals surface area contributed by atoms with Crippen LogP contribution in [0.25, 0.3) is 11.3 Å². The predicted molar refractivity (Wildman–Crippen MR) is 131 cm³/mol. The highest BCUT2D eigenvalue weighted by atomic mass is 35.5. The fourth-order valence-corrected chi connectivity index (χ4v) is 4.12. The Morgan fingerprint density at radius 1 is 1.12 bits per heavy atom. The van der Waals surface area contributed by atoms with Crippen molar-refractivity contribution < 1.29 is 9.59 Å². The summed E-state index contributed by atoms with van der Waals surface area (Å²) >= 11 is 0. The number of anilines is 1. The Labute approximate surface area is 199 Å². The Kier molecular flexibility index (Phi) is 8.08. The van der Waals surface area contributed by atoms with Gasteiger partial charge in [-0.1, -0.05) is 42.5 Å². The van der Waals surface area contributed by atoms with E-state index in [-0.39, 0.29) is 24.5 Å². The van der Waals surface area contributed by atoms with Gasteiger partial charge < -0.3 is 16.0 Å². The van der Waals surface area contributed by atoms with Crippen LogP contribution in [-0.2, 0) is 6.54 Å². The molecule has 1 aliphatic rings. The molecule has 2 heterocycles. The van der Waals surface area contributed by atoms with Gasteiger partial charge in [0.1, 0.15) is 6.33 Å². The van der Waals surface area contributed by atoms with E-state index in [1.54, 1.807) is 24.4 Å². The van der Waals surface area contributed by atoms with Crippen LogP contribution < -0.4 is 11.1 Å². The molecule has 8 nitrogen and oxygen atoms in total. The van der Waals surface area contributed by atoms with E-state index in [0.717, 1.165) is 38.0 Å². The lowest BCUT2D eigenvalue weighted by atomic mass is 10.0. The number of imidazole rings is 1. The maximum atomic E-state index is 13.0. The average molecular weight is 469 g/mol. The largest absolute Gasteiger partial charge is 0.351 e. The number of hydrogen-bond acceptors (Lipinski definition) is 4. The van der Waals surface area contributed by atoms with Gasteiger partial charge in [0.05, 0.1) is 5.69 Å². The molecule has 9 heteroatoms. The van der Waals surface area contributed by atoms with Gasteiger partial charge in [-0.25, -0.2) is 14.6 Å². The number of urea groups is 1. The normalized spacial score (nSPS) is 14.3. The maximum Gasteiger partial charge on any atom is 0.329 e. The molecule has 0 saturated carbocycles. The molecular formula is C24H29ClN6O2. The molecule has 3 aromatic rings. The molecule has 0 radical (unpaired) electrons. The first-order valence-corrected chi connectivity index (χ1v) is 10.7. The molecule has 1 saturated heterocycles. The molecule has 0 unspecified atom stereocenters. The number of primary amides is 1. The molecule has 0 spiro atoms. The number of piperidine rings is 1. The molecule has 0 aliphatic carbocycles. The third-order valence-corrected chi connectivity index (χ3v) is 5.88. The van der Waals surface area contributed by atoms with Crippen LogP contribution >= 0.6 is 12.4 Å². The van der Waals surface area contributed by atoms with Gasteiger partial charge in [0.25, 0.3) is 0 Å². The summed E-state index contributed by atoms with van der Waals surface area (Å²) in [6.45, 7) is 2.87. The summed E-state index contributed by atoms with van der Waals surface area (Å²) < 4.78 is 1.51. The lowest BCUT2D eigenvalue weighted by Gasteiger charge is -2.36. The average Bonchev–Trinajstić information content (AvgIpc) is 3.29. The van der Waals surface area contributed by atoms with Crippen molar-refractivity contribution in [1.82, 2.24) is 19.4 Å². The third-order valence-electron chi connectivity index (χ3n) is 5.88. The molecular weight excluding hydrogens is 440 g/mol. The van der Waals surface area contributed by atoms with E-state index in [2.05, 4.69) is 39.5 Å². The van der Waals surface area contributed by atoms with E-state index in [1.165, 1.54) is 16.5 Å². The first-order valence-electron chi connectivity index (χ1n) is 10.7. The minimum absolute atomic E-state index is 0. The summed E-state index contributed by atoms with van der Waals surface area (Å²) in [7, 11) is 1.86. The van der Waals surface area contributed by atoms with Crippen LogP contribution in [0.5, 0.6) is 0 Å². The molecule has 2 aromatic carbocycles. The van der Waals surface area contributed by atoms with E-state index < -0.39 is 6.03 Å². The molecule has 1 aromatic heterocycles. The Morgan fingerprint density at radius 2 is 1.85 bits per heavy atom. The van der Waals surface area contributed by atoms with Crippen LogP contribution in [0.3, 0.4) is 0 Å². The monoisotopic (exact) mass is 468 g/mol. The number of nitrogens with two attached hydrogens (primary N) is 1. The first kappa shape index (κ1) is 24.3. The van der Waals surface area contributed by atoms with Crippen LogP contribution in [0.4, 0.5) is 15.3 Å². The topological polar surface area (TPSA) is 96.5 Å². The van der Waals surface area contributed by atoms with Gasteiger partial charge in [0.2, 0.25) is 0 Å². The number of nitrogens with one attached hydrogen (secondary N) is 1. The van der Waals surface area contributed by atoms with Crippen LogP contribution in [-0.4, -0.2) is 57.6 Å². The first-order chi connectivity index (χ1) is 15.5. The molecule has 4 rings (SSSR count). The van der Waals surface area contributed by atoms with Crippen molar-refractivity contribution in [3.8, 4) is 11.3 Å². The number of rotatable bonds is 5. The quantitative estimate of drug-likeness (QED) is 0.590. The lowest BCUT2D eigenvalue weighted by molar-refractivity contribution is 0.132. The van der Waals surface area contributed by atoms with Crippen LogP contribution in [0.1, 0.15) is 18.4 Å². The van der Waals surface area contributed by atoms with Crippen molar-refractivity contribution in [3.05, 3.63) is 72.7 Å². The second kappa shape index (κ2) is 11.0. The van der Waals surface area contributed by atoms with E-state index >= 15 is 0 Å². The number of carbonyl (C=O) groups is 2. The molecule has 1 fully saturated rings. The zero-order valence-corrected chi connectivity index (χ0v) is 19.4. The Hall–Kier alpha value is -3.36. The predicted octanol–water partition coefficient (Wildman–Crippen LogP) is 4.03. The van der Waals surface area contributed by atoms with E-state index in [4.69, 9.17) is 5.73 Å². The van der Waals surface area contributed by atoms with Gasteiger partial charge >= 0.3 is 12.1 Å². The summed E-state index contributed by atoms with van der Waals surface area (Å²) in [6, 6.07) is 17.1. The van der Waals surface area contributed by atoms with E-state index in [1.807, 2.05) is 24.1 Å². The van der Waals surface area contributed by atoms with E-state index in [0.29, 0.717) is 11.4 Å². The number of halogens is 1. The zero-order valence-electron chi connectivity index (χ0n) is 18.6. The second-order valence-electron chi connectivity index (χ2n) is 8.12. The summed E-state index contributed by atoms with van der Waals surface area (Å²) in [4.78, 5) is 32.8. The smallest absolute Gasteiger partial charge is 0.329 e. The number of hydrogen-bond donors (Lipinski definition) is 2. The van der Waals surface area contributed by atoms with Crippen molar-refractivity contribution in [1.29, 1.82) is 0 Å². The van der Waals surface area contributed by atoms with Crippen LogP contribution in [0, 0.1) is 0 Å². The number of carbonyl (C=O) groups excluding carboxylic acids is 2. The fourth-order valence-electron chi connectivity index (χ4n) is 4.12. The highest BCUT2D eigenvalue weighted by Gasteiger charge is 2.26. The summed E-state index contributed by atoms with van der Waals surface area (Å²) in [5.74, 6) is 0. The Balaban J connectivity index is 0.00000306. The number of aromatic nitrogens is 2. The Morgan fingerprint density at radius 3 is 2.55 bits per heavy atom. The standard InChI is InChI=1S/C24H28N6O2.ClH/c1-28(21-10-12-29(13-11-21)15-18-6-3-2-4-7-18)24(32)30-16-22(26-17-30)19-8-5-9-20(14-19)27-23(25)31;/h2-9,14,16-17,21H,10-13,15H2,1H3,(H3,25,27,31);1H. The number of benzene rings is 2. The minimum Gasteiger partial charge on any atom is -0.351 e. The molecule has 174 valence electrons. The maximum absolute atomic E-state index is 13.0. The highest BCUT2D eigenvalue weighted by molar-refractivity contribution is 5.88. The van der Waals surface area contributed by atoms with Gasteiger partial charge in [-0.05, 0) is 30.5 Å². The van der Waals surface area contributed by atoms with Crippen LogP contribution in [0.15, 0.2) is 67.1 Å². The SMILES string of the molecule is CN(C(=O)n1cnc(-c2cccc(NC(N)=O)c2)c1)C1CCN(Cc2ccccc2)CC1.Cl. The molecule has 33 heavy (non-hydrogen) atoms. The van der Waals surface area contributed by atoms with Crippen molar-refractivity contribution in [2.24, 2.45) is 5.73 Å². The summed E-state index contributed by atoms with van der Waals surface area (Å²) in [6.07, 6.45) is 5.13. The second-order valence-corrected chi connectivity index (χ2v) is 8.12. The lowest BCUT2D eigenvalue weighted by Crippen LogP contribution is -2.46.